The molecule has 0 spiro atoms. The lowest BCUT2D eigenvalue weighted by atomic mass is 9.82. The number of aromatic nitrogens is 1. The Kier molecular flexibility index (Phi) is 2.40. The molecule has 0 aliphatic heterocycles. The summed E-state index contributed by atoms with van der Waals surface area (Å²) in [7, 11) is 0. The second kappa shape index (κ2) is 4.26. The van der Waals surface area contributed by atoms with E-state index in [1.807, 2.05) is 0 Å². The van der Waals surface area contributed by atoms with Gasteiger partial charge >= 0.3 is 0 Å². The molecule has 0 unspecified atom stereocenters. The van der Waals surface area contributed by atoms with E-state index in [-0.39, 0.29) is 5.41 Å². The number of hydrogen-bond donors (Lipinski definition) is 1. The van der Waals surface area contributed by atoms with Crippen LogP contribution >= 0.6 is 0 Å². The Morgan fingerprint density at radius 3 is 2.74 bits per heavy atom. The summed E-state index contributed by atoms with van der Waals surface area (Å²) < 4.78 is 0. The fraction of sp³-hybridized carbons (Fsp3) is 0.182. The maximum atomic E-state index is 3.65. The molecular weight excluding hydrogens is 278 g/mol. The molecule has 2 aromatic carbocycles. The molecule has 0 saturated heterocycles. The van der Waals surface area contributed by atoms with Crippen molar-refractivity contribution in [2.24, 2.45) is 0 Å². The van der Waals surface area contributed by atoms with Crippen LogP contribution in [0.5, 0.6) is 0 Å². The highest BCUT2D eigenvalue weighted by Crippen LogP contribution is 2.50. The van der Waals surface area contributed by atoms with E-state index < -0.39 is 0 Å². The van der Waals surface area contributed by atoms with Gasteiger partial charge in [0.05, 0.1) is 0 Å². The third-order valence-electron chi connectivity index (χ3n) is 5.45. The lowest BCUT2D eigenvalue weighted by molar-refractivity contribution is 0.661. The summed E-state index contributed by atoms with van der Waals surface area (Å²) in [6.07, 6.45) is 9.69. The SMILES string of the molecule is CC1(C)c2ccccc2-c2cc3c4c([nH]c3cc21)CC=CC=C4. The average Bonchev–Trinajstić information content (AvgIpc) is 2.87. The fourth-order valence-electron chi connectivity index (χ4n) is 4.23. The van der Waals surface area contributed by atoms with Crippen LogP contribution < -0.4 is 0 Å². The van der Waals surface area contributed by atoms with Gasteiger partial charge in [0.2, 0.25) is 0 Å². The molecule has 0 radical (unpaired) electrons. The van der Waals surface area contributed by atoms with Crippen molar-refractivity contribution in [2.75, 3.05) is 0 Å². The maximum Gasteiger partial charge on any atom is 0.0465 e. The summed E-state index contributed by atoms with van der Waals surface area (Å²) in [5, 5.41) is 1.34. The van der Waals surface area contributed by atoms with Crippen LogP contribution in [0.3, 0.4) is 0 Å². The van der Waals surface area contributed by atoms with Crippen LogP contribution in [0.2, 0.25) is 0 Å². The molecule has 0 fully saturated rings. The van der Waals surface area contributed by atoms with Crippen molar-refractivity contribution in [1.29, 1.82) is 0 Å². The molecule has 1 heterocycles. The van der Waals surface area contributed by atoms with E-state index >= 15 is 0 Å². The fourth-order valence-corrected chi connectivity index (χ4v) is 4.23. The molecular formula is C22H19N. The third kappa shape index (κ3) is 1.62. The zero-order valence-corrected chi connectivity index (χ0v) is 13.5. The number of benzene rings is 2. The second-order valence-corrected chi connectivity index (χ2v) is 7.12. The summed E-state index contributed by atoms with van der Waals surface area (Å²) in [6.45, 7) is 4.67. The zero-order valence-electron chi connectivity index (χ0n) is 13.5. The highest BCUT2D eigenvalue weighted by atomic mass is 14.7. The molecule has 0 atom stereocenters. The van der Waals surface area contributed by atoms with Gasteiger partial charge in [0, 0.05) is 34.0 Å². The molecule has 112 valence electrons. The molecule has 3 aromatic rings. The van der Waals surface area contributed by atoms with Crippen LogP contribution in [-0.4, -0.2) is 4.98 Å². The van der Waals surface area contributed by atoms with Crippen molar-refractivity contribution >= 4 is 17.0 Å². The van der Waals surface area contributed by atoms with E-state index in [9.17, 15) is 0 Å². The number of rotatable bonds is 0. The molecule has 1 heteroatoms. The van der Waals surface area contributed by atoms with Crippen molar-refractivity contribution in [3.05, 3.63) is 77.0 Å². The molecule has 0 amide bonds. The zero-order chi connectivity index (χ0) is 15.6. The Bertz CT molecular complexity index is 1010. The normalized spacial score (nSPS) is 17.0. The summed E-state index contributed by atoms with van der Waals surface area (Å²) >= 11 is 0. The van der Waals surface area contributed by atoms with Crippen molar-refractivity contribution < 1.29 is 0 Å². The monoisotopic (exact) mass is 297 g/mol. The van der Waals surface area contributed by atoms with Crippen molar-refractivity contribution in [1.82, 2.24) is 4.98 Å². The van der Waals surface area contributed by atoms with E-state index in [0.717, 1.165) is 6.42 Å². The van der Waals surface area contributed by atoms with Gasteiger partial charge in [-0.2, -0.15) is 0 Å². The topological polar surface area (TPSA) is 15.8 Å². The number of allylic oxidation sites excluding steroid dienone is 3. The van der Waals surface area contributed by atoms with Gasteiger partial charge in [-0.05, 0) is 34.4 Å². The number of H-pyrrole nitrogens is 1. The molecule has 1 nitrogen and oxygen atoms in total. The van der Waals surface area contributed by atoms with Gasteiger partial charge in [0.1, 0.15) is 0 Å². The molecule has 23 heavy (non-hydrogen) atoms. The Hall–Kier alpha value is -2.54. The Labute approximate surface area is 136 Å². The number of fused-ring (bicyclic) bond motifs is 6. The molecule has 1 N–H and O–H groups in total. The Balaban J connectivity index is 1.87. The molecule has 0 bridgehead atoms. The molecule has 0 saturated carbocycles. The number of nitrogens with one attached hydrogen (secondary N) is 1. The number of hydrogen-bond acceptors (Lipinski definition) is 0. The standard InChI is InChI=1S/C22H19N/c1-22(2)18-10-7-6-8-14(18)16-12-17-15-9-4-3-5-11-20(15)23-21(17)13-19(16)22/h3-10,12-13,23H,11H2,1-2H3. The smallest absolute Gasteiger partial charge is 0.0465 e. The Morgan fingerprint density at radius 2 is 1.83 bits per heavy atom. The summed E-state index contributed by atoms with van der Waals surface area (Å²) in [6, 6.07) is 13.6. The third-order valence-corrected chi connectivity index (χ3v) is 5.45. The molecule has 5 rings (SSSR count). The van der Waals surface area contributed by atoms with Crippen molar-refractivity contribution in [3.8, 4) is 11.1 Å². The number of aromatic amines is 1. The lowest BCUT2D eigenvalue weighted by Gasteiger charge is -2.21. The molecule has 2 aliphatic carbocycles. The van der Waals surface area contributed by atoms with Crippen LogP contribution in [0, 0.1) is 0 Å². The quantitative estimate of drug-likeness (QED) is 0.556. The molecule has 1 aromatic heterocycles. The minimum Gasteiger partial charge on any atom is -0.358 e. The van der Waals surface area contributed by atoms with E-state index in [1.54, 1.807) is 0 Å². The van der Waals surface area contributed by atoms with Crippen LogP contribution in [-0.2, 0) is 11.8 Å². The van der Waals surface area contributed by atoms with E-state index in [2.05, 4.69) is 79.5 Å². The predicted molar refractivity (Wildman–Crippen MR) is 97.7 cm³/mol. The molecule has 2 aliphatic rings. The lowest BCUT2D eigenvalue weighted by Crippen LogP contribution is -2.14. The highest BCUT2D eigenvalue weighted by molar-refractivity contribution is 5.97. The first-order valence-electron chi connectivity index (χ1n) is 8.28. The van der Waals surface area contributed by atoms with Crippen molar-refractivity contribution in [3.63, 3.8) is 0 Å². The van der Waals surface area contributed by atoms with Crippen LogP contribution in [0.15, 0.2) is 54.6 Å². The van der Waals surface area contributed by atoms with Gasteiger partial charge in [-0.3, -0.25) is 0 Å². The predicted octanol–water partition coefficient (Wildman–Crippen LogP) is 5.60. The summed E-state index contributed by atoms with van der Waals surface area (Å²) in [4.78, 5) is 3.65. The van der Waals surface area contributed by atoms with Gasteiger partial charge in [-0.25, -0.2) is 0 Å². The second-order valence-electron chi connectivity index (χ2n) is 7.12. The van der Waals surface area contributed by atoms with Gasteiger partial charge < -0.3 is 4.98 Å². The summed E-state index contributed by atoms with van der Waals surface area (Å²) in [5.74, 6) is 0. The minimum atomic E-state index is 0.0678. The summed E-state index contributed by atoms with van der Waals surface area (Å²) in [5.41, 5.74) is 9.64. The van der Waals surface area contributed by atoms with Crippen molar-refractivity contribution in [2.45, 2.75) is 25.7 Å². The highest BCUT2D eigenvalue weighted by Gasteiger charge is 2.35. The maximum absolute atomic E-state index is 3.65. The van der Waals surface area contributed by atoms with E-state index in [4.69, 9.17) is 0 Å². The van der Waals surface area contributed by atoms with Crippen LogP contribution in [0.4, 0.5) is 0 Å². The van der Waals surface area contributed by atoms with Crippen LogP contribution in [0.25, 0.3) is 28.1 Å². The largest absolute Gasteiger partial charge is 0.358 e. The first-order chi connectivity index (χ1) is 11.2. The first-order valence-corrected chi connectivity index (χ1v) is 8.28. The van der Waals surface area contributed by atoms with E-state index in [0.29, 0.717) is 0 Å². The van der Waals surface area contributed by atoms with Gasteiger partial charge in [-0.15, -0.1) is 0 Å². The van der Waals surface area contributed by atoms with E-state index in [1.165, 1.54) is 44.4 Å². The van der Waals surface area contributed by atoms with Gasteiger partial charge in [0.25, 0.3) is 0 Å². The Morgan fingerprint density at radius 1 is 0.957 bits per heavy atom. The minimum absolute atomic E-state index is 0.0678. The van der Waals surface area contributed by atoms with Crippen LogP contribution in [0.1, 0.15) is 36.2 Å². The first kappa shape index (κ1) is 13.0. The average molecular weight is 297 g/mol. The van der Waals surface area contributed by atoms with Gasteiger partial charge in [0.15, 0.2) is 0 Å². The van der Waals surface area contributed by atoms with Gasteiger partial charge in [-0.1, -0.05) is 62.4 Å².